The Morgan fingerprint density at radius 2 is 1.93 bits per heavy atom. The number of hydrogen-bond donors (Lipinski definition) is 0. The highest BCUT2D eigenvalue weighted by atomic mass is 16.5. The lowest BCUT2D eigenvalue weighted by atomic mass is 9.88. The lowest BCUT2D eigenvalue weighted by Gasteiger charge is -2.49. The van der Waals surface area contributed by atoms with Gasteiger partial charge in [0.15, 0.2) is 0 Å². The van der Waals surface area contributed by atoms with Crippen molar-refractivity contribution in [2.75, 3.05) is 40.3 Å². The second kappa shape index (κ2) is 8.69. The van der Waals surface area contributed by atoms with Crippen LogP contribution >= 0.6 is 0 Å². The topological polar surface area (TPSA) is 49.2 Å². The SMILES string of the molecule is CN1CC(C(=O)N(C)Cc2ccccc2)OC2(CCN(Cc3ccco3)CC2)C1. The molecule has 2 aromatic rings. The molecule has 1 spiro atoms. The van der Waals surface area contributed by atoms with Gasteiger partial charge >= 0.3 is 0 Å². The Labute approximate surface area is 173 Å². The Morgan fingerprint density at radius 3 is 2.62 bits per heavy atom. The molecule has 1 unspecified atom stereocenters. The van der Waals surface area contributed by atoms with Gasteiger partial charge in [0.25, 0.3) is 5.91 Å². The summed E-state index contributed by atoms with van der Waals surface area (Å²) in [5.74, 6) is 1.07. The Morgan fingerprint density at radius 1 is 1.17 bits per heavy atom. The van der Waals surface area contributed by atoms with Gasteiger partial charge in [-0.2, -0.15) is 0 Å². The number of hydrogen-bond acceptors (Lipinski definition) is 5. The first-order valence-corrected chi connectivity index (χ1v) is 10.4. The summed E-state index contributed by atoms with van der Waals surface area (Å²) >= 11 is 0. The molecule has 1 aromatic carbocycles. The van der Waals surface area contributed by atoms with Crippen LogP contribution in [0.4, 0.5) is 0 Å². The van der Waals surface area contributed by atoms with Crippen molar-refractivity contribution < 1.29 is 13.9 Å². The van der Waals surface area contributed by atoms with Crippen LogP contribution in [0, 0.1) is 0 Å². The molecule has 1 aromatic heterocycles. The molecule has 4 rings (SSSR count). The van der Waals surface area contributed by atoms with E-state index in [-0.39, 0.29) is 11.5 Å². The van der Waals surface area contributed by atoms with Crippen molar-refractivity contribution in [1.29, 1.82) is 0 Å². The van der Waals surface area contributed by atoms with Crippen LogP contribution in [0.15, 0.2) is 53.1 Å². The molecule has 0 saturated carbocycles. The van der Waals surface area contributed by atoms with Crippen molar-refractivity contribution in [1.82, 2.24) is 14.7 Å². The average molecular weight is 398 g/mol. The fourth-order valence-electron chi connectivity index (χ4n) is 4.54. The molecular weight excluding hydrogens is 366 g/mol. The monoisotopic (exact) mass is 397 g/mol. The number of nitrogens with zero attached hydrogens (tertiary/aromatic N) is 3. The van der Waals surface area contributed by atoms with Crippen molar-refractivity contribution in [3.8, 4) is 0 Å². The molecule has 1 atom stereocenters. The van der Waals surface area contributed by atoms with Gasteiger partial charge in [-0.25, -0.2) is 0 Å². The first-order chi connectivity index (χ1) is 14.0. The van der Waals surface area contributed by atoms with Gasteiger partial charge in [0.1, 0.15) is 11.9 Å². The zero-order chi connectivity index (χ0) is 20.3. The van der Waals surface area contributed by atoms with Gasteiger partial charge in [0, 0.05) is 39.8 Å². The minimum absolute atomic E-state index is 0.0674. The second-order valence-electron chi connectivity index (χ2n) is 8.52. The molecule has 2 aliphatic rings. The maximum atomic E-state index is 13.1. The molecule has 2 aliphatic heterocycles. The van der Waals surface area contributed by atoms with Crippen LogP contribution in [-0.2, 0) is 22.6 Å². The smallest absolute Gasteiger partial charge is 0.253 e. The minimum atomic E-state index is -0.404. The molecule has 3 heterocycles. The summed E-state index contributed by atoms with van der Waals surface area (Å²) < 4.78 is 12.0. The molecule has 0 aliphatic carbocycles. The number of furan rings is 1. The summed E-state index contributed by atoms with van der Waals surface area (Å²) in [7, 11) is 3.96. The summed E-state index contributed by atoms with van der Waals surface area (Å²) in [5, 5.41) is 0. The predicted octanol–water partition coefficient (Wildman–Crippen LogP) is 2.60. The fraction of sp³-hybridized carbons (Fsp3) is 0.522. The van der Waals surface area contributed by atoms with Crippen LogP contribution in [0.1, 0.15) is 24.2 Å². The lowest BCUT2D eigenvalue weighted by molar-refractivity contribution is -0.188. The van der Waals surface area contributed by atoms with Gasteiger partial charge in [0.2, 0.25) is 0 Å². The lowest BCUT2D eigenvalue weighted by Crippen LogP contribution is -2.61. The van der Waals surface area contributed by atoms with Crippen molar-refractivity contribution in [2.45, 2.75) is 37.6 Å². The standard InChI is InChI=1S/C23H31N3O3/c1-24-17-21(22(27)25(2)15-19-7-4-3-5-8-19)29-23(18-24)10-12-26(13-11-23)16-20-9-6-14-28-20/h3-9,14,21H,10-13,15-18H2,1-2H3. The van der Waals surface area contributed by atoms with E-state index < -0.39 is 6.10 Å². The molecule has 6 heteroatoms. The summed E-state index contributed by atoms with van der Waals surface area (Å²) in [6.45, 7) is 4.88. The van der Waals surface area contributed by atoms with Crippen molar-refractivity contribution in [3.05, 3.63) is 60.1 Å². The molecule has 2 fully saturated rings. The highest BCUT2D eigenvalue weighted by Crippen LogP contribution is 2.33. The maximum absolute atomic E-state index is 13.1. The van der Waals surface area contributed by atoms with E-state index in [9.17, 15) is 4.79 Å². The molecule has 2 saturated heterocycles. The van der Waals surface area contributed by atoms with E-state index in [1.54, 1.807) is 11.2 Å². The third-order valence-electron chi connectivity index (χ3n) is 6.07. The molecular formula is C23H31N3O3. The number of rotatable bonds is 5. The number of morpholine rings is 1. The summed E-state index contributed by atoms with van der Waals surface area (Å²) in [6.07, 6.45) is 3.19. The normalized spacial score (nSPS) is 22.6. The number of ether oxygens (including phenoxy) is 1. The van der Waals surface area contributed by atoms with Crippen molar-refractivity contribution in [3.63, 3.8) is 0 Å². The van der Waals surface area contributed by atoms with E-state index in [0.717, 1.165) is 50.3 Å². The number of likely N-dealkylation sites (tertiary alicyclic amines) is 1. The average Bonchev–Trinajstić information content (AvgIpc) is 3.23. The summed E-state index contributed by atoms with van der Waals surface area (Å²) in [5.41, 5.74) is 0.897. The van der Waals surface area contributed by atoms with E-state index in [1.165, 1.54) is 0 Å². The second-order valence-corrected chi connectivity index (χ2v) is 8.52. The Balaban J connectivity index is 1.36. The van der Waals surface area contributed by atoms with Gasteiger partial charge in [-0.1, -0.05) is 30.3 Å². The Hall–Kier alpha value is -2.15. The van der Waals surface area contributed by atoms with Crippen molar-refractivity contribution >= 4 is 5.91 Å². The molecule has 0 bridgehead atoms. The van der Waals surface area contributed by atoms with Crippen LogP contribution in [0.5, 0.6) is 0 Å². The van der Waals surface area contributed by atoms with E-state index in [0.29, 0.717) is 13.1 Å². The van der Waals surface area contributed by atoms with Gasteiger partial charge < -0.3 is 19.0 Å². The first kappa shape index (κ1) is 20.1. The molecule has 156 valence electrons. The molecule has 1 amide bonds. The molecule has 0 radical (unpaired) electrons. The number of amides is 1. The number of piperidine rings is 1. The van der Waals surface area contributed by atoms with Crippen LogP contribution in [-0.4, -0.2) is 72.6 Å². The van der Waals surface area contributed by atoms with Crippen LogP contribution in [0.25, 0.3) is 0 Å². The number of likely N-dealkylation sites (N-methyl/N-ethyl adjacent to an activating group) is 2. The Kier molecular flexibility index (Phi) is 6.04. The molecule has 0 N–H and O–H groups in total. The fourth-order valence-corrected chi connectivity index (χ4v) is 4.54. The van der Waals surface area contributed by atoms with E-state index in [4.69, 9.17) is 9.15 Å². The molecule has 29 heavy (non-hydrogen) atoms. The summed E-state index contributed by atoms with van der Waals surface area (Å²) in [4.78, 5) is 19.5. The van der Waals surface area contributed by atoms with Crippen LogP contribution in [0.3, 0.4) is 0 Å². The zero-order valence-corrected chi connectivity index (χ0v) is 17.4. The number of carbonyl (C=O) groups is 1. The maximum Gasteiger partial charge on any atom is 0.253 e. The number of carbonyl (C=O) groups excluding carboxylic acids is 1. The minimum Gasteiger partial charge on any atom is -0.468 e. The van der Waals surface area contributed by atoms with E-state index in [1.807, 2.05) is 49.5 Å². The quantitative estimate of drug-likeness (QED) is 0.776. The van der Waals surface area contributed by atoms with Crippen LogP contribution < -0.4 is 0 Å². The van der Waals surface area contributed by atoms with Gasteiger partial charge in [-0.3, -0.25) is 9.69 Å². The van der Waals surface area contributed by atoms with E-state index >= 15 is 0 Å². The summed E-state index contributed by atoms with van der Waals surface area (Å²) in [6, 6.07) is 14.1. The predicted molar refractivity (Wildman–Crippen MR) is 111 cm³/mol. The third-order valence-corrected chi connectivity index (χ3v) is 6.07. The van der Waals surface area contributed by atoms with E-state index in [2.05, 4.69) is 16.8 Å². The zero-order valence-electron chi connectivity index (χ0n) is 17.4. The number of benzene rings is 1. The third kappa shape index (κ3) is 4.89. The highest BCUT2D eigenvalue weighted by molar-refractivity contribution is 5.81. The van der Waals surface area contributed by atoms with Gasteiger partial charge in [-0.15, -0.1) is 0 Å². The molecule has 6 nitrogen and oxygen atoms in total. The first-order valence-electron chi connectivity index (χ1n) is 10.4. The van der Waals surface area contributed by atoms with Gasteiger partial charge in [0.05, 0.1) is 18.4 Å². The van der Waals surface area contributed by atoms with Gasteiger partial charge in [-0.05, 0) is 37.6 Å². The van der Waals surface area contributed by atoms with Crippen molar-refractivity contribution in [2.24, 2.45) is 0 Å². The van der Waals surface area contributed by atoms with Crippen LogP contribution in [0.2, 0.25) is 0 Å². The largest absolute Gasteiger partial charge is 0.468 e. The Bertz CT molecular complexity index is 785. The highest BCUT2D eigenvalue weighted by Gasteiger charge is 2.44.